The van der Waals surface area contributed by atoms with Gasteiger partial charge in [0.1, 0.15) is 11.3 Å². The van der Waals surface area contributed by atoms with E-state index < -0.39 is 11.9 Å². The van der Waals surface area contributed by atoms with Crippen LogP contribution in [0.5, 0.6) is 0 Å². The Labute approximate surface area is 105 Å². The lowest BCUT2D eigenvalue weighted by molar-refractivity contribution is -0.140. The average molecular weight is 264 g/mol. The van der Waals surface area contributed by atoms with Gasteiger partial charge in [-0.3, -0.25) is 4.40 Å². The van der Waals surface area contributed by atoms with E-state index in [1.807, 2.05) is 0 Å². The minimum absolute atomic E-state index is 0.00600. The van der Waals surface area contributed by atoms with Crippen molar-refractivity contribution in [3.8, 4) is 11.5 Å². The quantitative estimate of drug-likeness (QED) is 0.678. The molecule has 4 nitrogen and oxygen atoms in total. The summed E-state index contributed by atoms with van der Waals surface area (Å²) in [6.45, 7) is 0. The molecule has 3 aromatic rings. The van der Waals surface area contributed by atoms with Gasteiger partial charge in [-0.1, -0.05) is 6.07 Å². The van der Waals surface area contributed by atoms with Gasteiger partial charge in [-0.25, -0.2) is 15.0 Å². The third-order valence-corrected chi connectivity index (χ3v) is 2.58. The molecule has 0 saturated heterocycles. The standard InChI is InChI=1S/C12H7F3N4/c13-12(14,15)10-9(11-16-5-3-6-17-11)19-7-2-1-4-8(19)18-10/h1-7H. The van der Waals surface area contributed by atoms with E-state index in [1.165, 1.54) is 29.1 Å². The van der Waals surface area contributed by atoms with E-state index in [4.69, 9.17) is 0 Å². The SMILES string of the molecule is FC(F)(F)c1nc2ccccn2c1-c1ncccn1. The lowest BCUT2D eigenvalue weighted by Gasteiger charge is -2.06. The largest absolute Gasteiger partial charge is 0.435 e. The molecule has 0 aliphatic carbocycles. The molecule has 0 saturated carbocycles. The summed E-state index contributed by atoms with van der Waals surface area (Å²) >= 11 is 0. The third-order valence-electron chi connectivity index (χ3n) is 2.58. The zero-order valence-electron chi connectivity index (χ0n) is 9.46. The molecular formula is C12H7F3N4. The van der Waals surface area contributed by atoms with Crippen molar-refractivity contribution in [2.75, 3.05) is 0 Å². The van der Waals surface area contributed by atoms with Gasteiger partial charge in [0.2, 0.25) is 0 Å². The second kappa shape index (κ2) is 4.04. The highest BCUT2D eigenvalue weighted by Gasteiger charge is 2.39. The van der Waals surface area contributed by atoms with Crippen LogP contribution in [0.15, 0.2) is 42.9 Å². The Morgan fingerprint density at radius 3 is 2.42 bits per heavy atom. The van der Waals surface area contributed by atoms with Gasteiger partial charge in [-0.05, 0) is 18.2 Å². The molecule has 96 valence electrons. The number of fused-ring (bicyclic) bond motifs is 1. The fraction of sp³-hybridized carbons (Fsp3) is 0.0833. The molecule has 0 N–H and O–H groups in total. The van der Waals surface area contributed by atoms with Gasteiger partial charge in [0.25, 0.3) is 0 Å². The molecule has 0 bridgehead atoms. The second-order valence-electron chi connectivity index (χ2n) is 3.81. The van der Waals surface area contributed by atoms with E-state index in [1.54, 1.807) is 18.2 Å². The molecule has 3 aromatic heterocycles. The van der Waals surface area contributed by atoms with E-state index in [-0.39, 0.29) is 17.2 Å². The highest BCUT2D eigenvalue weighted by atomic mass is 19.4. The molecule has 0 radical (unpaired) electrons. The Morgan fingerprint density at radius 2 is 1.74 bits per heavy atom. The van der Waals surface area contributed by atoms with E-state index in [0.717, 1.165) is 0 Å². The first-order chi connectivity index (χ1) is 9.07. The topological polar surface area (TPSA) is 43.1 Å². The van der Waals surface area contributed by atoms with Crippen molar-refractivity contribution in [3.05, 3.63) is 48.5 Å². The number of alkyl halides is 3. The lowest BCUT2D eigenvalue weighted by atomic mass is 10.3. The van der Waals surface area contributed by atoms with Crippen LogP contribution in [0.3, 0.4) is 0 Å². The van der Waals surface area contributed by atoms with Crippen molar-refractivity contribution in [2.24, 2.45) is 0 Å². The molecule has 0 spiro atoms. The van der Waals surface area contributed by atoms with Gasteiger partial charge in [0.15, 0.2) is 11.5 Å². The van der Waals surface area contributed by atoms with Gasteiger partial charge < -0.3 is 0 Å². The van der Waals surface area contributed by atoms with Crippen LogP contribution < -0.4 is 0 Å². The van der Waals surface area contributed by atoms with Gasteiger partial charge in [-0.15, -0.1) is 0 Å². The first-order valence-electron chi connectivity index (χ1n) is 5.39. The minimum Gasteiger partial charge on any atom is -0.296 e. The molecule has 0 unspecified atom stereocenters. The number of hydrogen-bond donors (Lipinski definition) is 0. The van der Waals surface area contributed by atoms with Crippen molar-refractivity contribution in [2.45, 2.75) is 6.18 Å². The Morgan fingerprint density at radius 1 is 1.00 bits per heavy atom. The Kier molecular flexibility index (Phi) is 2.48. The predicted molar refractivity (Wildman–Crippen MR) is 61.2 cm³/mol. The monoisotopic (exact) mass is 264 g/mol. The van der Waals surface area contributed by atoms with Crippen molar-refractivity contribution < 1.29 is 13.2 Å². The molecule has 0 aliphatic rings. The summed E-state index contributed by atoms with van der Waals surface area (Å²) in [5, 5.41) is 0. The molecular weight excluding hydrogens is 257 g/mol. The van der Waals surface area contributed by atoms with Gasteiger partial charge in [-0.2, -0.15) is 13.2 Å². The maximum atomic E-state index is 13.0. The normalized spacial score (nSPS) is 11.9. The summed E-state index contributed by atoms with van der Waals surface area (Å²) in [5.41, 5.74) is -0.925. The Balaban J connectivity index is 2.38. The molecule has 0 atom stereocenters. The molecule has 0 amide bonds. The van der Waals surface area contributed by atoms with Gasteiger partial charge in [0.05, 0.1) is 0 Å². The third kappa shape index (κ3) is 1.92. The van der Waals surface area contributed by atoms with Crippen LogP contribution in [0.4, 0.5) is 13.2 Å². The summed E-state index contributed by atoms with van der Waals surface area (Å²) in [5.74, 6) is -0.00600. The van der Waals surface area contributed by atoms with Crippen molar-refractivity contribution in [1.29, 1.82) is 0 Å². The number of halogens is 3. The van der Waals surface area contributed by atoms with E-state index in [9.17, 15) is 13.2 Å². The van der Waals surface area contributed by atoms with E-state index in [2.05, 4.69) is 15.0 Å². The number of imidazole rings is 1. The highest BCUT2D eigenvalue weighted by molar-refractivity contribution is 5.61. The molecule has 19 heavy (non-hydrogen) atoms. The fourth-order valence-corrected chi connectivity index (χ4v) is 1.83. The van der Waals surface area contributed by atoms with Crippen LogP contribution >= 0.6 is 0 Å². The molecule has 7 heteroatoms. The van der Waals surface area contributed by atoms with Gasteiger partial charge >= 0.3 is 6.18 Å². The van der Waals surface area contributed by atoms with Crippen molar-refractivity contribution in [1.82, 2.24) is 19.4 Å². The second-order valence-corrected chi connectivity index (χ2v) is 3.81. The van der Waals surface area contributed by atoms with Crippen LogP contribution in [0, 0.1) is 0 Å². The van der Waals surface area contributed by atoms with Gasteiger partial charge in [0, 0.05) is 18.6 Å². The van der Waals surface area contributed by atoms with E-state index >= 15 is 0 Å². The number of aromatic nitrogens is 4. The first-order valence-corrected chi connectivity index (χ1v) is 5.39. The number of nitrogens with zero attached hydrogens (tertiary/aromatic N) is 4. The zero-order chi connectivity index (χ0) is 13.5. The van der Waals surface area contributed by atoms with Crippen LogP contribution in [-0.2, 0) is 6.18 Å². The summed E-state index contributed by atoms with van der Waals surface area (Å²) in [6, 6.07) is 6.29. The smallest absolute Gasteiger partial charge is 0.296 e. The number of hydrogen-bond acceptors (Lipinski definition) is 3. The predicted octanol–water partition coefficient (Wildman–Crippen LogP) is 2.81. The Bertz CT molecular complexity index is 719. The maximum Gasteiger partial charge on any atom is 0.435 e. The summed E-state index contributed by atoms with van der Waals surface area (Å²) < 4.78 is 40.5. The molecule has 3 heterocycles. The van der Waals surface area contributed by atoms with E-state index in [0.29, 0.717) is 0 Å². The molecule has 0 fully saturated rings. The fourth-order valence-electron chi connectivity index (χ4n) is 1.83. The summed E-state index contributed by atoms with van der Waals surface area (Å²) in [6.07, 6.45) is -0.264. The first kappa shape index (κ1) is 11.6. The molecule has 3 rings (SSSR count). The molecule has 0 aromatic carbocycles. The van der Waals surface area contributed by atoms with Crippen LogP contribution in [0.2, 0.25) is 0 Å². The zero-order valence-corrected chi connectivity index (χ0v) is 9.46. The van der Waals surface area contributed by atoms with Crippen LogP contribution in [0.25, 0.3) is 17.2 Å². The van der Waals surface area contributed by atoms with Crippen molar-refractivity contribution in [3.63, 3.8) is 0 Å². The summed E-state index contributed by atoms with van der Waals surface area (Å²) in [7, 11) is 0. The Hall–Kier alpha value is -2.44. The minimum atomic E-state index is -4.56. The average Bonchev–Trinajstić information content (AvgIpc) is 2.79. The number of pyridine rings is 1. The molecule has 0 aliphatic heterocycles. The van der Waals surface area contributed by atoms with Crippen molar-refractivity contribution >= 4 is 5.65 Å². The number of rotatable bonds is 1. The maximum absolute atomic E-state index is 13.0. The lowest BCUT2D eigenvalue weighted by Crippen LogP contribution is -2.08. The summed E-state index contributed by atoms with van der Waals surface area (Å²) in [4.78, 5) is 11.4. The van der Waals surface area contributed by atoms with Crippen LogP contribution in [0.1, 0.15) is 5.69 Å². The highest BCUT2D eigenvalue weighted by Crippen LogP contribution is 2.35. The van der Waals surface area contributed by atoms with Crippen LogP contribution in [-0.4, -0.2) is 19.4 Å².